The number of rotatable bonds is 7. The van der Waals surface area contributed by atoms with Gasteiger partial charge in [-0.05, 0) is 12.8 Å². The molecule has 1 aromatic heterocycles. The first kappa shape index (κ1) is 12.6. The molecule has 0 bridgehead atoms. The number of hydrogen-bond donors (Lipinski definition) is 1. The highest BCUT2D eigenvalue weighted by molar-refractivity contribution is 7.09. The van der Waals surface area contributed by atoms with E-state index in [1.807, 2.05) is 12.4 Å². The molecule has 0 saturated carbocycles. The number of nitrogens with zero attached hydrogens (tertiary/aromatic N) is 1. The molecule has 0 fully saturated rings. The van der Waals surface area contributed by atoms with E-state index in [0.29, 0.717) is 5.92 Å². The Morgan fingerprint density at radius 1 is 1.53 bits per heavy atom. The third kappa shape index (κ3) is 5.25. The first-order valence-electron chi connectivity index (χ1n) is 5.37. The van der Waals surface area contributed by atoms with Crippen LogP contribution in [0.4, 0.5) is 0 Å². The van der Waals surface area contributed by atoms with E-state index in [1.54, 1.807) is 11.3 Å². The van der Waals surface area contributed by atoms with Crippen molar-refractivity contribution >= 4 is 11.3 Å². The van der Waals surface area contributed by atoms with Gasteiger partial charge in [0, 0.05) is 24.6 Å². The molecule has 0 aromatic carbocycles. The lowest BCUT2D eigenvalue weighted by molar-refractivity contribution is 0.111. The number of ether oxygens (including phenoxy) is 1. The fourth-order valence-corrected chi connectivity index (χ4v) is 1.91. The van der Waals surface area contributed by atoms with Gasteiger partial charge in [0.15, 0.2) is 0 Å². The van der Waals surface area contributed by atoms with E-state index in [2.05, 4.69) is 24.1 Å². The predicted molar refractivity (Wildman–Crippen MR) is 64.2 cm³/mol. The van der Waals surface area contributed by atoms with E-state index in [1.165, 1.54) is 4.88 Å². The Bertz CT molecular complexity index is 273. The molecule has 0 radical (unpaired) electrons. The number of thiazole rings is 1. The maximum atomic E-state index is 5.47. The molecule has 0 amide bonds. The van der Waals surface area contributed by atoms with E-state index in [-0.39, 0.29) is 0 Å². The van der Waals surface area contributed by atoms with E-state index in [4.69, 9.17) is 4.74 Å². The molecule has 1 aromatic rings. The van der Waals surface area contributed by atoms with Crippen LogP contribution in [0.25, 0.3) is 0 Å². The van der Waals surface area contributed by atoms with Gasteiger partial charge in [-0.2, -0.15) is 0 Å². The summed E-state index contributed by atoms with van der Waals surface area (Å²) in [4.78, 5) is 5.52. The summed E-state index contributed by atoms with van der Waals surface area (Å²) >= 11 is 1.70. The molecule has 1 N–H and O–H groups in total. The molecule has 15 heavy (non-hydrogen) atoms. The SMILES string of the molecule is Cc1ncsc1CNCCOCC(C)C. The Morgan fingerprint density at radius 3 is 2.93 bits per heavy atom. The van der Waals surface area contributed by atoms with Crippen LogP contribution >= 0.6 is 11.3 Å². The van der Waals surface area contributed by atoms with Crippen LogP contribution in [-0.4, -0.2) is 24.7 Å². The standard InChI is InChI=1S/C11H20N2OS/c1-9(2)7-14-5-4-12-6-11-10(3)13-8-15-11/h8-9,12H,4-7H2,1-3H3. The molecule has 0 aliphatic heterocycles. The van der Waals surface area contributed by atoms with E-state index in [0.717, 1.165) is 32.0 Å². The van der Waals surface area contributed by atoms with Gasteiger partial charge in [-0.15, -0.1) is 11.3 Å². The highest BCUT2D eigenvalue weighted by Gasteiger charge is 1.99. The Balaban J connectivity index is 2.00. The minimum absolute atomic E-state index is 0.619. The second-order valence-corrected chi connectivity index (χ2v) is 4.95. The highest BCUT2D eigenvalue weighted by atomic mass is 32.1. The van der Waals surface area contributed by atoms with Crippen molar-refractivity contribution in [1.29, 1.82) is 0 Å². The van der Waals surface area contributed by atoms with Crippen molar-refractivity contribution in [3.05, 3.63) is 16.1 Å². The number of hydrogen-bond acceptors (Lipinski definition) is 4. The molecular formula is C11H20N2OS. The van der Waals surface area contributed by atoms with Crippen LogP contribution in [0.2, 0.25) is 0 Å². The van der Waals surface area contributed by atoms with Crippen molar-refractivity contribution in [2.24, 2.45) is 5.92 Å². The van der Waals surface area contributed by atoms with Gasteiger partial charge >= 0.3 is 0 Å². The fourth-order valence-electron chi connectivity index (χ4n) is 1.16. The highest BCUT2D eigenvalue weighted by Crippen LogP contribution is 2.10. The molecule has 4 heteroatoms. The van der Waals surface area contributed by atoms with Crippen LogP contribution in [0.15, 0.2) is 5.51 Å². The predicted octanol–water partition coefficient (Wildman–Crippen LogP) is 2.21. The fraction of sp³-hybridized carbons (Fsp3) is 0.727. The lowest BCUT2D eigenvalue weighted by Gasteiger charge is -2.07. The number of nitrogens with one attached hydrogen (secondary N) is 1. The van der Waals surface area contributed by atoms with Crippen molar-refractivity contribution in [2.75, 3.05) is 19.8 Å². The van der Waals surface area contributed by atoms with Gasteiger partial charge in [0.1, 0.15) is 0 Å². The lowest BCUT2D eigenvalue weighted by atomic mass is 10.2. The summed E-state index contributed by atoms with van der Waals surface area (Å²) in [6.45, 7) is 9.81. The molecule has 1 rings (SSSR count). The maximum absolute atomic E-state index is 5.47. The van der Waals surface area contributed by atoms with Crippen LogP contribution in [0, 0.1) is 12.8 Å². The van der Waals surface area contributed by atoms with Crippen molar-refractivity contribution in [3.8, 4) is 0 Å². The zero-order chi connectivity index (χ0) is 11.1. The van der Waals surface area contributed by atoms with Crippen molar-refractivity contribution in [2.45, 2.75) is 27.3 Å². The normalized spacial score (nSPS) is 11.2. The van der Waals surface area contributed by atoms with E-state index in [9.17, 15) is 0 Å². The monoisotopic (exact) mass is 228 g/mol. The Morgan fingerprint density at radius 2 is 2.33 bits per heavy atom. The minimum atomic E-state index is 0.619. The molecule has 0 saturated heterocycles. The van der Waals surface area contributed by atoms with Gasteiger partial charge in [-0.1, -0.05) is 13.8 Å². The summed E-state index contributed by atoms with van der Waals surface area (Å²) in [5, 5.41) is 3.35. The Kier molecular flexibility index (Phi) is 5.83. The Labute approximate surface area is 95.9 Å². The molecule has 0 spiro atoms. The topological polar surface area (TPSA) is 34.2 Å². The third-order valence-electron chi connectivity index (χ3n) is 2.00. The zero-order valence-corrected chi connectivity index (χ0v) is 10.6. The molecule has 0 aliphatic rings. The van der Waals surface area contributed by atoms with Crippen LogP contribution in [0.3, 0.4) is 0 Å². The number of aryl methyl sites for hydroxylation is 1. The van der Waals surface area contributed by atoms with Crippen LogP contribution < -0.4 is 5.32 Å². The second-order valence-electron chi connectivity index (χ2n) is 4.01. The summed E-state index contributed by atoms with van der Waals surface area (Å²) in [6.07, 6.45) is 0. The summed E-state index contributed by atoms with van der Waals surface area (Å²) < 4.78 is 5.47. The van der Waals surface area contributed by atoms with Gasteiger partial charge in [-0.3, -0.25) is 0 Å². The molecule has 0 unspecified atom stereocenters. The third-order valence-corrected chi connectivity index (χ3v) is 2.94. The van der Waals surface area contributed by atoms with Gasteiger partial charge in [0.05, 0.1) is 17.8 Å². The molecule has 1 heterocycles. The van der Waals surface area contributed by atoms with Crippen molar-refractivity contribution in [3.63, 3.8) is 0 Å². The molecular weight excluding hydrogens is 208 g/mol. The molecule has 0 aliphatic carbocycles. The van der Waals surface area contributed by atoms with E-state index < -0.39 is 0 Å². The lowest BCUT2D eigenvalue weighted by Crippen LogP contribution is -2.20. The summed E-state index contributed by atoms with van der Waals surface area (Å²) in [6, 6.07) is 0. The van der Waals surface area contributed by atoms with Gasteiger partial charge in [0.2, 0.25) is 0 Å². The van der Waals surface area contributed by atoms with Crippen LogP contribution in [-0.2, 0) is 11.3 Å². The van der Waals surface area contributed by atoms with Gasteiger partial charge in [-0.25, -0.2) is 4.98 Å². The summed E-state index contributed by atoms with van der Waals surface area (Å²) in [5.41, 5.74) is 3.03. The average molecular weight is 228 g/mol. The largest absolute Gasteiger partial charge is 0.380 e. The van der Waals surface area contributed by atoms with Crippen molar-refractivity contribution < 1.29 is 4.74 Å². The first-order chi connectivity index (χ1) is 7.20. The van der Waals surface area contributed by atoms with Crippen molar-refractivity contribution in [1.82, 2.24) is 10.3 Å². The first-order valence-corrected chi connectivity index (χ1v) is 6.25. The van der Waals surface area contributed by atoms with Gasteiger partial charge in [0.25, 0.3) is 0 Å². The molecule has 86 valence electrons. The zero-order valence-electron chi connectivity index (χ0n) is 9.75. The van der Waals surface area contributed by atoms with Gasteiger partial charge < -0.3 is 10.1 Å². The summed E-state index contributed by atoms with van der Waals surface area (Å²) in [5.74, 6) is 0.619. The average Bonchev–Trinajstić information content (AvgIpc) is 2.57. The maximum Gasteiger partial charge on any atom is 0.0798 e. The minimum Gasteiger partial charge on any atom is -0.380 e. The molecule has 0 atom stereocenters. The smallest absolute Gasteiger partial charge is 0.0798 e. The molecule has 3 nitrogen and oxygen atoms in total. The number of aromatic nitrogens is 1. The summed E-state index contributed by atoms with van der Waals surface area (Å²) in [7, 11) is 0. The van der Waals surface area contributed by atoms with Crippen LogP contribution in [0.5, 0.6) is 0 Å². The van der Waals surface area contributed by atoms with Crippen LogP contribution in [0.1, 0.15) is 24.4 Å². The Hall–Kier alpha value is -0.450. The van der Waals surface area contributed by atoms with E-state index >= 15 is 0 Å². The quantitative estimate of drug-likeness (QED) is 0.727. The second kappa shape index (κ2) is 6.93.